The van der Waals surface area contributed by atoms with E-state index in [1.54, 1.807) is 11.3 Å². The molecule has 0 aliphatic rings. The van der Waals surface area contributed by atoms with Gasteiger partial charge >= 0.3 is 0 Å². The Morgan fingerprint density at radius 1 is 1.47 bits per heavy atom. The van der Waals surface area contributed by atoms with E-state index < -0.39 is 0 Å². The Bertz CT molecular complexity index is 584. The summed E-state index contributed by atoms with van der Waals surface area (Å²) in [6.45, 7) is 4.45. The molecular weight excluding hydrogens is 272 g/mol. The molecule has 0 radical (unpaired) electrons. The molecular formula is C15H16N2S2. The zero-order valence-corrected chi connectivity index (χ0v) is 12.7. The van der Waals surface area contributed by atoms with Gasteiger partial charge in [-0.25, -0.2) is 4.98 Å². The van der Waals surface area contributed by atoms with E-state index in [1.165, 1.54) is 6.42 Å². The average Bonchev–Trinajstić information content (AvgIpc) is 2.93. The molecule has 0 spiro atoms. The maximum absolute atomic E-state index is 8.92. The van der Waals surface area contributed by atoms with E-state index in [0.29, 0.717) is 10.8 Å². The van der Waals surface area contributed by atoms with E-state index >= 15 is 0 Å². The fraction of sp³-hybridized carbons (Fsp3) is 0.333. The highest BCUT2D eigenvalue weighted by Crippen LogP contribution is 2.26. The van der Waals surface area contributed by atoms with Crippen LogP contribution in [0.25, 0.3) is 11.3 Å². The lowest BCUT2D eigenvalue weighted by molar-refractivity contribution is 0.905. The highest BCUT2D eigenvalue weighted by atomic mass is 32.2. The highest BCUT2D eigenvalue weighted by Gasteiger charge is 2.07. The standard InChI is InChI=1S/C15H16N2S2/c1-3-11(2)18-10-15-17-14(9-19-15)13-6-4-5-12(7-13)8-16/h4-7,9,11H,3,10H2,1-2H3. The van der Waals surface area contributed by atoms with Gasteiger partial charge < -0.3 is 0 Å². The number of thioether (sulfide) groups is 1. The molecule has 0 fully saturated rings. The van der Waals surface area contributed by atoms with Crippen LogP contribution in [0.5, 0.6) is 0 Å². The van der Waals surface area contributed by atoms with Gasteiger partial charge in [-0.15, -0.1) is 11.3 Å². The zero-order chi connectivity index (χ0) is 13.7. The van der Waals surface area contributed by atoms with Crippen LogP contribution >= 0.6 is 23.1 Å². The van der Waals surface area contributed by atoms with Crippen molar-refractivity contribution in [1.29, 1.82) is 5.26 Å². The topological polar surface area (TPSA) is 36.7 Å². The molecule has 2 nitrogen and oxygen atoms in total. The molecule has 2 rings (SSSR count). The summed E-state index contributed by atoms with van der Waals surface area (Å²) in [4.78, 5) is 4.65. The summed E-state index contributed by atoms with van der Waals surface area (Å²) in [6, 6.07) is 9.77. The van der Waals surface area contributed by atoms with Crippen molar-refractivity contribution in [3.8, 4) is 17.3 Å². The van der Waals surface area contributed by atoms with Crippen molar-refractivity contribution >= 4 is 23.1 Å². The second-order valence-corrected chi connectivity index (χ2v) is 6.72. The van der Waals surface area contributed by atoms with Crippen LogP contribution in [0.1, 0.15) is 30.8 Å². The molecule has 0 amide bonds. The van der Waals surface area contributed by atoms with Crippen LogP contribution in [0.3, 0.4) is 0 Å². The van der Waals surface area contributed by atoms with Crippen LogP contribution in [0.2, 0.25) is 0 Å². The van der Waals surface area contributed by atoms with Crippen LogP contribution in [-0.4, -0.2) is 10.2 Å². The van der Waals surface area contributed by atoms with Crippen molar-refractivity contribution in [2.75, 3.05) is 0 Å². The Morgan fingerprint density at radius 3 is 3.05 bits per heavy atom. The monoisotopic (exact) mass is 288 g/mol. The summed E-state index contributed by atoms with van der Waals surface area (Å²) in [5.41, 5.74) is 2.68. The van der Waals surface area contributed by atoms with Gasteiger partial charge in [0.25, 0.3) is 0 Å². The average molecular weight is 288 g/mol. The molecule has 1 aromatic carbocycles. The van der Waals surface area contributed by atoms with Crippen molar-refractivity contribution in [3.63, 3.8) is 0 Å². The minimum absolute atomic E-state index is 0.675. The minimum Gasteiger partial charge on any atom is -0.240 e. The Hall–Kier alpha value is -1.31. The summed E-state index contributed by atoms with van der Waals surface area (Å²) in [5.74, 6) is 0.970. The van der Waals surface area contributed by atoms with Crippen molar-refractivity contribution in [2.24, 2.45) is 0 Å². The highest BCUT2D eigenvalue weighted by molar-refractivity contribution is 7.99. The first-order chi connectivity index (χ1) is 9.22. The zero-order valence-electron chi connectivity index (χ0n) is 11.1. The largest absolute Gasteiger partial charge is 0.240 e. The van der Waals surface area contributed by atoms with E-state index in [0.717, 1.165) is 22.0 Å². The number of thiazole rings is 1. The SMILES string of the molecule is CCC(C)SCc1nc(-c2cccc(C#N)c2)cs1. The number of hydrogen-bond acceptors (Lipinski definition) is 4. The third kappa shape index (κ3) is 3.82. The third-order valence-electron chi connectivity index (χ3n) is 2.91. The first-order valence-corrected chi connectivity index (χ1v) is 8.22. The molecule has 0 saturated heterocycles. The molecule has 0 bridgehead atoms. The first kappa shape index (κ1) is 14.1. The molecule has 0 aliphatic heterocycles. The lowest BCUT2D eigenvalue weighted by atomic mass is 10.1. The molecule has 1 aromatic heterocycles. The summed E-state index contributed by atoms with van der Waals surface area (Å²) >= 11 is 3.64. The quantitative estimate of drug-likeness (QED) is 0.799. The normalized spacial score (nSPS) is 12.1. The Kier molecular flexibility index (Phi) is 5.00. The van der Waals surface area contributed by atoms with Crippen molar-refractivity contribution in [2.45, 2.75) is 31.3 Å². The summed E-state index contributed by atoms with van der Waals surface area (Å²) in [6.07, 6.45) is 1.19. The van der Waals surface area contributed by atoms with E-state index in [4.69, 9.17) is 5.26 Å². The Morgan fingerprint density at radius 2 is 2.32 bits per heavy atom. The maximum atomic E-state index is 8.92. The summed E-state index contributed by atoms with van der Waals surface area (Å²) < 4.78 is 0. The molecule has 19 heavy (non-hydrogen) atoms. The minimum atomic E-state index is 0.675. The van der Waals surface area contributed by atoms with E-state index in [2.05, 4.69) is 30.3 Å². The van der Waals surface area contributed by atoms with Crippen LogP contribution in [0.4, 0.5) is 0 Å². The van der Waals surface area contributed by atoms with Crippen molar-refractivity contribution in [1.82, 2.24) is 4.98 Å². The molecule has 0 N–H and O–H groups in total. The van der Waals surface area contributed by atoms with E-state index in [1.807, 2.05) is 36.0 Å². The maximum Gasteiger partial charge on any atom is 0.103 e. The number of nitriles is 1. The number of rotatable bonds is 5. The van der Waals surface area contributed by atoms with Crippen molar-refractivity contribution < 1.29 is 0 Å². The second-order valence-electron chi connectivity index (χ2n) is 4.35. The smallest absolute Gasteiger partial charge is 0.103 e. The molecule has 0 saturated carbocycles. The van der Waals surface area contributed by atoms with Gasteiger partial charge in [-0.1, -0.05) is 26.0 Å². The van der Waals surface area contributed by atoms with Crippen molar-refractivity contribution in [3.05, 3.63) is 40.2 Å². The fourth-order valence-electron chi connectivity index (χ4n) is 1.59. The number of hydrogen-bond donors (Lipinski definition) is 0. The summed E-state index contributed by atoms with van der Waals surface area (Å²) in [5, 5.41) is 12.8. The first-order valence-electron chi connectivity index (χ1n) is 6.29. The molecule has 2 aromatic rings. The molecule has 4 heteroatoms. The predicted molar refractivity (Wildman–Crippen MR) is 83.3 cm³/mol. The molecule has 98 valence electrons. The molecule has 1 unspecified atom stereocenters. The molecule has 1 atom stereocenters. The fourth-order valence-corrected chi connectivity index (χ4v) is 3.38. The van der Waals surface area contributed by atoms with E-state index in [-0.39, 0.29) is 0 Å². The molecule has 1 heterocycles. The van der Waals surface area contributed by atoms with Gasteiger partial charge in [-0.3, -0.25) is 0 Å². The van der Waals surface area contributed by atoms with Gasteiger partial charge in [0.15, 0.2) is 0 Å². The van der Waals surface area contributed by atoms with Gasteiger partial charge in [-0.2, -0.15) is 17.0 Å². The van der Waals surface area contributed by atoms with Gasteiger partial charge in [0.2, 0.25) is 0 Å². The van der Waals surface area contributed by atoms with Crippen LogP contribution in [-0.2, 0) is 5.75 Å². The van der Waals surface area contributed by atoms with Gasteiger partial charge in [0, 0.05) is 21.9 Å². The number of aromatic nitrogens is 1. The van der Waals surface area contributed by atoms with Gasteiger partial charge in [0.05, 0.1) is 17.3 Å². The van der Waals surface area contributed by atoms with Crippen LogP contribution in [0.15, 0.2) is 29.6 Å². The number of benzene rings is 1. The van der Waals surface area contributed by atoms with E-state index in [9.17, 15) is 0 Å². The Balaban J connectivity index is 2.10. The third-order valence-corrected chi connectivity index (χ3v) is 5.28. The Labute approximate surface area is 122 Å². The van der Waals surface area contributed by atoms with Crippen LogP contribution in [0, 0.1) is 11.3 Å². The lowest BCUT2D eigenvalue weighted by Crippen LogP contribution is -1.93. The summed E-state index contributed by atoms with van der Waals surface area (Å²) in [7, 11) is 0. The van der Waals surface area contributed by atoms with Crippen LogP contribution < -0.4 is 0 Å². The second kappa shape index (κ2) is 6.74. The lowest BCUT2D eigenvalue weighted by Gasteiger charge is -2.05. The number of nitrogens with zero attached hydrogens (tertiary/aromatic N) is 2. The predicted octanol–water partition coefficient (Wildman–Crippen LogP) is 4.71. The molecule has 0 aliphatic carbocycles. The van der Waals surface area contributed by atoms with Gasteiger partial charge in [-0.05, 0) is 18.6 Å². The van der Waals surface area contributed by atoms with Gasteiger partial charge in [0.1, 0.15) is 5.01 Å².